The molecule has 9 heteroatoms. The van der Waals surface area contributed by atoms with Gasteiger partial charge in [0.1, 0.15) is 23.4 Å². The number of fused-ring (bicyclic) bond motifs is 1. The molecule has 3 aromatic rings. The number of carboxylic acids is 1. The lowest BCUT2D eigenvalue weighted by atomic mass is 10.0. The van der Waals surface area contributed by atoms with Gasteiger partial charge in [-0.25, -0.2) is 9.18 Å². The molecule has 0 saturated heterocycles. The SMILES string of the molecule is CCCOc1ccc(F)c2c(=O)c(-c3ccc(OC)cc3)c[nH]c12.[NH-]CC(O)C(=O)O. The van der Waals surface area contributed by atoms with Crippen LogP contribution in [0.1, 0.15) is 13.3 Å². The predicted molar refractivity (Wildman–Crippen MR) is 115 cm³/mol. The number of H-pyrrole nitrogens is 1. The van der Waals surface area contributed by atoms with Crippen LogP contribution in [0.2, 0.25) is 0 Å². The van der Waals surface area contributed by atoms with Crippen molar-refractivity contribution in [3.05, 3.63) is 64.4 Å². The molecule has 0 aliphatic heterocycles. The molecule has 0 spiro atoms. The van der Waals surface area contributed by atoms with Crippen molar-refractivity contribution in [1.29, 1.82) is 0 Å². The monoisotopic (exact) mass is 431 g/mol. The Morgan fingerprint density at radius 2 is 1.90 bits per heavy atom. The number of aromatic amines is 1. The Bertz CT molecular complexity index is 1080. The zero-order valence-electron chi connectivity index (χ0n) is 17.1. The van der Waals surface area contributed by atoms with Gasteiger partial charge < -0.3 is 30.4 Å². The Labute approximate surface area is 178 Å². The van der Waals surface area contributed by atoms with E-state index < -0.39 is 24.4 Å². The van der Waals surface area contributed by atoms with Gasteiger partial charge in [-0.05, 0) is 36.2 Å². The van der Waals surface area contributed by atoms with Crippen LogP contribution in [-0.4, -0.2) is 47.5 Å². The number of rotatable bonds is 7. The van der Waals surface area contributed by atoms with Crippen molar-refractivity contribution >= 4 is 16.9 Å². The van der Waals surface area contributed by atoms with E-state index in [1.165, 1.54) is 12.1 Å². The smallest absolute Gasteiger partial charge is 0.330 e. The van der Waals surface area contributed by atoms with E-state index in [1.807, 2.05) is 6.92 Å². The molecule has 166 valence electrons. The summed E-state index contributed by atoms with van der Waals surface area (Å²) in [4.78, 5) is 25.4. The number of nitrogens with one attached hydrogen (secondary N) is 2. The maximum absolute atomic E-state index is 14.3. The highest BCUT2D eigenvalue weighted by atomic mass is 19.1. The molecule has 1 atom stereocenters. The Morgan fingerprint density at radius 1 is 1.23 bits per heavy atom. The van der Waals surface area contributed by atoms with Crippen molar-refractivity contribution in [3.8, 4) is 22.6 Å². The molecule has 2 aromatic carbocycles. The van der Waals surface area contributed by atoms with Crippen LogP contribution in [0.25, 0.3) is 27.8 Å². The predicted octanol–water partition coefficient (Wildman–Crippen LogP) is 3.62. The molecule has 0 saturated carbocycles. The molecule has 4 N–H and O–H groups in total. The summed E-state index contributed by atoms with van der Waals surface area (Å²) in [5.74, 6) is -0.732. The molecule has 0 aliphatic rings. The quantitative estimate of drug-likeness (QED) is 0.523. The summed E-state index contributed by atoms with van der Waals surface area (Å²) in [6.45, 7) is 2.01. The summed E-state index contributed by atoms with van der Waals surface area (Å²) in [7, 11) is 1.57. The standard InChI is InChI=1S/C19H18FNO3.C3H6NO3/c1-3-10-24-16-9-8-15(20)17-18(16)21-11-14(19(17)22)12-4-6-13(23-2)7-5-12;4-1-2(5)3(6)7/h4-9,11H,3,10H2,1-2H3,(H,21,22);2,4-5H,1H2,(H,6,7)/q;-1. The normalized spacial score (nSPS) is 11.4. The van der Waals surface area contributed by atoms with Gasteiger partial charge in [0.15, 0.2) is 5.43 Å². The molecule has 31 heavy (non-hydrogen) atoms. The van der Waals surface area contributed by atoms with Crippen LogP contribution in [-0.2, 0) is 4.79 Å². The van der Waals surface area contributed by atoms with Crippen LogP contribution in [0.4, 0.5) is 4.39 Å². The minimum absolute atomic E-state index is 0.0110. The first kappa shape index (κ1) is 23.8. The van der Waals surface area contributed by atoms with Crippen molar-refractivity contribution < 1.29 is 28.9 Å². The van der Waals surface area contributed by atoms with E-state index in [0.29, 0.717) is 34.7 Å². The van der Waals surface area contributed by atoms with Crippen LogP contribution in [0.3, 0.4) is 0 Å². The van der Waals surface area contributed by atoms with Crippen LogP contribution in [0, 0.1) is 5.82 Å². The Morgan fingerprint density at radius 3 is 2.42 bits per heavy atom. The summed E-state index contributed by atoms with van der Waals surface area (Å²) < 4.78 is 25.0. The van der Waals surface area contributed by atoms with Gasteiger partial charge >= 0.3 is 5.97 Å². The van der Waals surface area contributed by atoms with E-state index >= 15 is 0 Å². The third-order valence-electron chi connectivity index (χ3n) is 4.29. The maximum Gasteiger partial charge on any atom is 0.330 e. The lowest BCUT2D eigenvalue weighted by Gasteiger charge is -2.10. The first-order valence-corrected chi connectivity index (χ1v) is 9.50. The second-order valence-corrected chi connectivity index (χ2v) is 6.46. The second kappa shape index (κ2) is 11.1. The van der Waals surface area contributed by atoms with E-state index in [4.69, 9.17) is 25.4 Å². The van der Waals surface area contributed by atoms with Crippen molar-refractivity contribution in [1.82, 2.24) is 4.98 Å². The molecule has 0 aliphatic carbocycles. The van der Waals surface area contributed by atoms with Gasteiger partial charge in [-0.1, -0.05) is 19.1 Å². The number of aliphatic hydroxyl groups is 1. The largest absolute Gasteiger partial charge is 0.675 e. The first-order valence-electron chi connectivity index (χ1n) is 9.50. The number of aliphatic carboxylic acids is 1. The van der Waals surface area contributed by atoms with Gasteiger partial charge in [-0.15, -0.1) is 6.54 Å². The third kappa shape index (κ3) is 5.80. The number of ether oxygens (including phenoxy) is 2. The third-order valence-corrected chi connectivity index (χ3v) is 4.29. The Hall–Kier alpha value is -3.43. The average molecular weight is 431 g/mol. The molecule has 1 heterocycles. The highest BCUT2D eigenvalue weighted by Gasteiger charge is 2.15. The average Bonchev–Trinajstić information content (AvgIpc) is 2.78. The molecule has 1 unspecified atom stereocenters. The van der Waals surface area contributed by atoms with Crippen LogP contribution in [0.5, 0.6) is 11.5 Å². The number of aromatic nitrogens is 1. The summed E-state index contributed by atoms with van der Waals surface area (Å²) in [5.41, 5.74) is 7.41. The Balaban J connectivity index is 0.000000423. The highest BCUT2D eigenvalue weighted by molar-refractivity contribution is 5.88. The van der Waals surface area contributed by atoms with Crippen molar-refractivity contribution in [2.45, 2.75) is 19.4 Å². The van der Waals surface area contributed by atoms with E-state index in [9.17, 15) is 14.0 Å². The number of carboxylic acid groups (broad SMARTS) is 1. The minimum Gasteiger partial charge on any atom is -0.675 e. The zero-order valence-corrected chi connectivity index (χ0v) is 17.1. The van der Waals surface area contributed by atoms with E-state index in [2.05, 4.69) is 4.98 Å². The van der Waals surface area contributed by atoms with Gasteiger partial charge in [-0.2, -0.15) is 0 Å². The van der Waals surface area contributed by atoms with Gasteiger partial charge in [0.05, 0.1) is 24.6 Å². The number of benzene rings is 2. The number of halogens is 1. The van der Waals surface area contributed by atoms with Crippen LogP contribution < -0.4 is 14.9 Å². The topological polar surface area (TPSA) is 133 Å². The van der Waals surface area contributed by atoms with E-state index in [-0.39, 0.29) is 10.8 Å². The zero-order chi connectivity index (χ0) is 23.0. The molecule has 8 nitrogen and oxygen atoms in total. The molecule has 0 radical (unpaired) electrons. The molecule has 0 bridgehead atoms. The number of methoxy groups -OCH3 is 1. The fourth-order valence-electron chi connectivity index (χ4n) is 2.67. The molecule has 0 fully saturated rings. The maximum atomic E-state index is 14.3. The minimum atomic E-state index is -1.51. The second-order valence-electron chi connectivity index (χ2n) is 6.46. The molecule has 0 amide bonds. The molecular weight excluding hydrogens is 407 g/mol. The molecular formula is C22H24FN2O6-. The van der Waals surface area contributed by atoms with Gasteiger partial charge in [0.25, 0.3) is 0 Å². The van der Waals surface area contributed by atoms with E-state index in [0.717, 1.165) is 6.42 Å². The summed E-state index contributed by atoms with van der Waals surface area (Å²) in [6.07, 6.45) is 0.901. The lowest BCUT2D eigenvalue weighted by Crippen LogP contribution is -2.21. The first-order chi connectivity index (χ1) is 14.8. The summed E-state index contributed by atoms with van der Waals surface area (Å²) in [6, 6.07) is 9.86. The number of hydrogen-bond donors (Lipinski definition) is 3. The molecule has 3 rings (SSSR count). The van der Waals surface area contributed by atoms with Gasteiger partial charge in [0, 0.05) is 11.8 Å². The summed E-state index contributed by atoms with van der Waals surface area (Å²) >= 11 is 0. The number of hydrogen-bond acceptors (Lipinski definition) is 5. The van der Waals surface area contributed by atoms with E-state index in [1.54, 1.807) is 37.6 Å². The Kier molecular flexibility index (Phi) is 8.53. The lowest BCUT2D eigenvalue weighted by molar-refractivity contribution is -0.145. The highest BCUT2D eigenvalue weighted by Crippen LogP contribution is 2.27. The molecule has 1 aromatic heterocycles. The number of aliphatic hydroxyl groups excluding tert-OH is 1. The number of carbonyl (C=O) groups is 1. The van der Waals surface area contributed by atoms with Crippen molar-refractivity contribution in [3.63, 3.8) is 0 Å². The fraction of sp³-hybridized carbons (Fsp3) is 0.273. The van der Waals surface area contributed by atoms with Crippen LogP contribution >= 0.6 is 0 Å². The van der Waals surface area contributed by atoms with Crippen molar-refractivity contribution in [2.75, 3.05) is 20.3 Å². The summed E-state index contributed by atoms with van der Waals surface area (Å²) in [5, 5.41) is 16.0. The van der Waals surface area contributed by atoms with Crippen LogP contribution in [0.15, 0.2) is 47.4 Å². The van der Waals surface area contributed by atoms with Gasteiger partial charge in [-0.3, -0.25) is 4.79 Å². The van der Waals surface area contributed by atoms with Gasteiger partial charge in [0.2, 0.25) is 0 Å². The number of pyridine rings is 1. The van der Waals surface area contributed by atoms with Crippen molar-refractivity contribution in [2.24, 2.45) is 0 Å². The fourth-order valence-corrected chi connectivity index (χ4v) is 2.67.